The number of aryl methyl sites for hydroxylation is 3. The highest BCUT2D eigenvalue weighted by atomic mass is 15.3. The first-order valence-corrected chi connectivity index (χ1v) is 5.52. The Morgan fingerprint density at radius 1 is 1.11 bits per heavy atom. The third kappa shape index (κ3) is 1.37. The molecule has 0 aromatic carbocycles. The average Bonchev–Trinajstić information content (AvgIpc) is 2.81. The van der Waals surface area contributed by atoms with Crippen LogP contribution < -0.4 is 5.73 Å². The maximum atomic E-state index is 5.93. The number of rotatable bonds is 1. The van der Waals surface area contributed by atoms with Crippen molar-refractivity contribution in [3.8, 4) is 11.4 Å². The van der Waals surface area contributed by atoms with E-state index in [0.717, 1.165) is 28.1 Å². The summed E-state index contributed by atoms with van der Waals surface area (Å²) >= 11 is 0. The number of hydrogen-bond donors (Lipinski definition) is 1. The number of anilines is 1. The molecule has 0 amide bonds. The van der Waals surface area contributed by atoms with E-state index in [9.17, 15) is 0 Å². The predicted molar refractivity (Wildman–Crippen MR) is 67.7 cm³/mol. The number of nitrogen functional groups attached to an aromatic ring is 1. The molecular weight excluding hydrogens is 230 g/mol. The van der Waals surface area contributed by atoms with Gasteiger partial charge in [-0.2, -0.15) is 10.2 Å². The fraction of sp³-hybridized carbons (Fsp3) is 0.273. The molecule has 0 saturated carbocycles. The summed E-state index contributed by atoms with van der Waals surface area (Å²) < 4.78 is 3.48. The monoisotopic (exact) mass is 243 g/mol. The fourth-order valence-electron chi connectivity index (χ4n) is 2.12. The van der Waals surface area contributed by atoms with Crippen LogP contribution in [0.4, 0.5) is 5.82 Å². The molecule has 0 aliphatic rings. The summed E-state index contributed by atoms with van der Waals surface area (Å²) in [6, 6.07) is 1.97. The molecule has 0 fully saturated rings. The van der Waals surface area contributed by atoms with Gasteiger partial charge in [0.25, 0.3) is 0 Å². The lowest BCUT2D eigenvalue weighted by Crippen LogP contribution is -1.96. The maximum Gasteiger partial charge on any atom is 0.163 e. The highest BCUT2D eigenvalue weighted by Crippen LogP contribution is 2.29. The first-order valence-electron chi connectivity index (χ1n) is 5.52. The SMILES string of the molecule is Cc1cc(-c2nn(C)c3ncnc(N)c23)n(C)n1. The minimum absolute atomic E-state index is 0.432. The molecule has 7 heteroatoms. The lowest BCUT2D eigenvalue weighted by Gasteiger charge is -1.99. The van der Waals surface area contributed by atoms with Crippen molar-refractivity contribution in [3.05, 3.63) is 18.1 Å². The standard InChI is InChI=1S/C11H13N7/c1-6-4-7(17(2)15-6)9-8-10(12)13-5-14-11(8)18(3)16-9/h4-5H,1-3H3,(H2,12,13,14). The lowest BCUT2D eigenvalue weighted by atomic mass is 10.2. The van der Waals surface area contributed by atoms with Gasteiger partial charge in [0.1, 0.15) is 17.8 Å². The Labute approximate surface area is 103 Å². The minimum Gasteiger partial charge on any atom is -0.383 e. The van der Waals surface area contributed by atoms with Gasteiger partial charge in [0, 0.05) is 14.1 Å². The lowest BCUT2D eigenvalue weighted by molar-refractivity contribution is 0.750. The van der Waals surface area contributed by atoms with Crippen LogP contribution in [0.2, 0.25) is 0 Å². The summed E-state index contributed by atoms with van der Waals surface area (Å²) in [5.74, 6) is 0.432. The van der Waals surface area contributed by atoms with Crippen LogP contribution in [-0.2, 0) is 14.1 Å². The van der Waals surface area contributed by atoms with Crippen molar-refractivity contribution in [2.24, 2.45) is 14.1 Å². The third-order valence-corrected chi connectivity index (χ3v) is 2.89. The van der Waals surface area contributed by atoms with E-state index in [0.29, 0.717) is 5.82 Å². The molecule has 3 rings (SSSR count). The van der Waals surface area contributed by atoms with Gasteiger partial charge in [0.15, 0.2) is 5.65 Å². The van der Waals surface area contributed by atoms with E-state index in [1.54, 1.807) is 9.36 Å². The molecule has 0 aliphatic heterocycles. The van der Waals surface area contributed by atoms with Crippen LogP contribution in [0.15, 0.2) is 12.4 Å². The van der Waals surface area contributed by atoms with Gasteiger partial charge >= 0.3 is 0 Å². The van der Waals surface area contributed by atoms with Crippen molar-refractivity contribution < 1.29 is 0 Å². The zero-order chi connectivity index (χ0) is 12.9. The molecule has 0 aliphatic carbocycles. The first kappa shape index (κ1) is 10.7. The predicted octanol–water partition coefficient (Wildman–Crippen LogP) is 0.654. The second-order valence-corrected chi connectivity index (χ2v) is 4.22. The Hall–Kier alpha value is -2.44. The average molecular weight is 243 g/mol. The summed E-state index contributed by atoms with van der Waals surface area (Å²) in [5, 5.41) is 9.55. The van der Waals surface area contributed by atoms with Gasteiger partial charge in [0.2, 0.25) is 0 Å². The maximum absolute atomic E-state index is 5.93. The molecule has 18 heavy (non-hydrogen) atoms. The van der Waals surface area contributed by atoms with Crippen LogP contribution in [0.25, 0.3) is 22.4 Å². The van der Waals surface area contributed by atoms with Gasteiger partial charge in [-0.3, -0.25) is 4.68 Å². The number of nitrogens with zero attached hydrogens (tertiary/aromatic N) is 6. The van der Waals surface area contributed by atoms with Crippen molar-refractivity contribution in [2.45, 2.75) is 6.92 Å². The van der Waals surface area contributed by atoms with E-state index in [4.69, 9.17) is 5.73 Å². The number of nitrogens with two attached hydrogens (primary N) is 1. The number of aromatic nitrogens is 6. The summed E-state index contributed by atoms with van der Waals surface area (Å²) in [6.45, 7) is 1.94. The van der Waals surface area contributed by atoms with Crippen molar-refractivity contribution in [1.29, 1.82) is 0 Å². The molecule has 0 saturated heterocycles. The molecule has 0 bridgehead atoms. The summed E-state index contributed by atoms with van der Waals surface area (Å²) in [5.41, 5.74) is 9.24. The topological polar surface area (TPSA) is 87.4 Å². The van der Waals surface area contributed by atoms with Crippen LogP contribution in [0.1, 0.15) is 5.69 Å². The van der Waals surface area contributed by atoms with E-state index >= 15 is 0 Å². The van der Waals surface area contributed by atoms with Gasteiger partial charge in [0.05, 0.1) is 16.8 Å². The molecule has 3 aromatic heterocycles. The van der Waals surface area contributed by atoms with Gasteiger partial charge in [-0.25, -0.2) is 14.6 Å². The van der Waals surface area contributed by atoms with Crippen LogP contribution >= 0.6 is 0 Å². The molecule has 3 aromatic rings. The summed E-state index contributed by atoms with van der Waals surface area (Å²) in [6.07, 6.45) is 1.44. The second-order valence-electron chi connectivity index (χ2n) is 4.22. The first-order chi connectivity index (χ1) is 8.58. The van der Waals surface area contributed by atoms with E-state index in [2.05, 4.69) is 20.2 Å². The number of hydrogen-bond acceptors (Lipinski definition) is 5. The van der Waals surface area contributed by atoms with Crippen LogP contribution in [-0.4, -0.2) is 29.5 Å². The molecular formula is C11H13N7. The van der Waals surface area contributed by atoms with Crippen LogP contribution in [0.3, 0.4) is 0 Å². The molecule has 0 unspecified atom stereocenters. The number of fused-ring (bicyclic) bond motifs is 1. The Morgan fingerprint density at radius 3 is 2.56 bits per heavy atom. The van der Waals surface area contributed by atoms with Crippen molar-refractivity contribution >= 4 is 16.9 Å². The Morgan fingerprint density at radius 2 is 1.89 bits per heavy atom. The summed E-state index contributed by atoms with van der Waals surface area (Å²) in [7, 11) is 3.71. The molecule has 92 valence electrons. The summed E-state index contributed by atoms with van der Waals surface area (Å²) in [4.78, 5) is 8.23. The fourth-order valence-corrected chi connectivity index (χ4v) is 2.12. The van der Waals surface area contributed by atoms with Crippen LogP contribution in [0.5, 0.6) is 0 Å². The third-order valence-electron chi connectivity index (χ3n) is 2.89. The molecule has 0 radical (unpaired) electrons. The molecule has 2 N–H and O–H groups in total. The van der Waals surface area contributed by atoms with E-state index < -0.39 is 0 Å². The molecule has 7 nitrogen and oxygen atoms in total. The zero-order valence-corrected chi connectivity index (χ0v) is 10.4. The van der Waals surface area contributed by atoms with Crippen molar-refractivity contribution in [3.63, 3.8) is 0 Å². The minimum atomic E-state index is 0.432. The van der Waals surface area contributed by atoms with Gasteiger partial charge < -0.3 is 5.73 Å². The van der Waals surface area contributed by atoms with Gasteiger partial charge in [-0.15, -0.1) is 0 Å². The van der Waals surface area contributed by atoms with E-state index in [1.165, 1.54) is 6.33 Å². The largest absolute Gasteiger partial charge is 0.383 e. The Bertz CT molecular complexity index is 737. The van der Waals surface area contributed by atoms with Crippen molar-refractivity contribution in [1.82, 2.24) is 29.5 Å². The van der Waals surface area contributed by atoms with Crippen LogP contribution in [0, 0.1) is 6.92 Å². The zero-order valence-electron chi connectivity index (χ0n) is 10.4. The van der Waals surface area contributed by atoms with E-state index in [-0.39, 0.29) is 0 Å². The molecule has 0 spiro atoms. The normalized spacial score (nSPS) is 11.3. The van der Waals surface area contributed by atoms with Gasteiger partial charge in [-0.1, -0.05) is 0 Å². The highest BCUT2D eigenvalue weighted by molar-refractivity contribution is 5.97. The van der Waals surface area contributed by atoms with E-state index in [1.807, 2.05) is 27.1 Å². The highest BCUT2D eigenvalue weighted by Gasteiger charge is 2.17. The van der Waals surface area contributed by atoms with Gasteiger partial charge in [-0.05, 0) is 13.0 Å². The Kier molecular flexibility index (Phi) is 2.09. The Balaban J connectivity index is 2.40. The second kappa shape index (κ2) is 3.52. The smallest absolute Gasteiger partial charge is 0.163 e. The molecule has 0 atom stereocenters. The quantitative estimate of drug-likeness (QED) is 0.678. The van der Waals surface area contributed by atoms with Crippen molar-refractivity contribution in [2.75, 3.05) is 5.73 Å². The molecule has 3 heterocycles.